The topological polar surface area (TPSA) is 46.9 Å². The van der Waals surface area contributed by atoms with E-state index in [1.54, 1.807) is 6.20 Å². The number of para-hydroxylation sites is 2. The second-order valence-corrected chi connectivity index (χ2v) is 7.66. The highest BCUT2D eigenvalue weighted by atomic mass is 79.9. The van der Waals surface area contributed by atoms with Crippen molar-refractivity contribution < 1.29 is 4.79 Å². The minimum atomic E-state index is -0.169. The van der Waals surface area contributed by atoms with Gasteiger partial charge in [0, 0.05) is 27.6 Å². The Hall–Kier alpha value is -3.44. The van der Waals surface area contributed by atoms with Crippen molar-refractivity contribution in [1.82, 2.24) is 9.55 Å². The molecule has 0 saturated heterocycles. The van der Waals surface area contributed by atoms with Crippen LogP contribution < -0.4 is 5.32 Å². The third-order valence-corrected chi connectivity index (χ3v) is 5.43. The lowest BCUT2D eigenvalue weighted by atomic mass is 10.1. The third-order valence-electron chi connectivity index (χ3n) is 4.94. The number of hydrogen-bond acceptors (Lipinski definition) is 2. The van der Waals surface area contributed by atoms with Gasteiger partial charge in [-0.15, -0.1) is 0 Å². The number of carbonyl (C=O) groups is 1. The fourth-order valence-electron chi connectivity index (χ4n) is 3.59. The highest BCUT2D eigenvalue weighted by Gasteiger charge is 2.15. The quantitative estimate of drug-likeness (QED) is 0.362. The Labute approximate surface area is 175 Å². The van der Waals surface area contributed by atoms with Crippen molar-refractivity contribution in [2.75, 3.05) is 5.32 Å². The molecule has 0 bridgehead atoms. The number of halogens is 1. The monoisotopic (exact) mass is 441 g/mol. The summed E-state index contributed by atoms with van der Waals surface area (Å²) in [7, 11) is 0. The van der Waals surface area contributed by atoms with Gasteiger partial charge in [-0.1, -0.05) is 46.3 Å². The maximum Gasteiger partial charge on any atom is 0.257 e. The Morgan fingerprint density at radius 2 is 1.76 bits per heavy atom. The molecular formula is C24H16BrN3O. The van der Waals surface area contributed by atoms with E-state index in [1.807, 2.05) is 83.6 Å². The van der Waals surface area contributed by atoms with Crippen LogP contribution >= 0.6 is 15.9 Å². The average Bonchev–Trinajstić information content (AvgIpc) is 3.17. The van der Waals surface area contributed by atoms with Gasteiger partial charge < -0.3 is 9.88 Å². The van der Waals surface area contributed by atoms with Crippen molar-refractivity contribution in [1.29, 1.82) is 0 Å². The first-order valence-corrected chi connectivity index (χ1v) is 10.0. The molecule has 0 aliphatic rings. The SMILES string of the molecule is O=C(Nc1cccc2cccnc12)c1ccccc1-n1ccc2cc(Br)ccc21. The second kappa shape index (κ2) is 7.18. The summed E-state index contributed by atoms with van der Waals surface area (Å²) in [5, 5.41) is 5.13. The standard InChI is InChI=1S/C24H16BrN3O/c25-18-10-11-21-17(15-18)12-14-28(21)22-9-2-1-7-19(22)24(29)27-20-8-3-5-16-6-4-13-26-23(16)20/h1-15H,(H,27,29). The van der Waals surface area contributed by atoms with Gasteiger partial charge in [0.2, 0.25) is 0 Å². The average molecular weight is 442 g/mol. The van der Waals surface area contributed by atoms with Gasteiger partial charge in [0.25, 0.3) is 5.91 Å². The van der Waals surface area contributed by atoms with E-state index in [0.717, 1.165) is 32.0 Å². The predicted molar refractivity (Wildman–Crippen MR) is 121 cm³/mol. The van der Waals surface area contributed by atoms with Gasteiger partial charge in [0.05, 0.1) is 28.0 Å². The minimum absolute atomic E-state index is 0.169. The molecule has 5 rings (SSSR count). The molecule has 0 fully saturated rings. The molecule has 0 aliphatic heterocycles. The number of amides is 1. The number of carbonyl (C=O) groups excluding carboxylic acids is 1. The van der Waals surface area contributed by atoms with Gasteiger partial charge in [-0.05, 0) is 48.5 Å². The van der Waals surface area contributed by atoms with Crippen LogP contribution in [0.15, 0.2) is 95.7 Å². The number of hydrogen-bond donors (Lipinski definition) is 1. The van der Waals surface area contributed by atoms with E-state index in [0.29, 0.717) is 11.3 Å². The van der Waals surface area contributed by atoms with Crippen LogP contribution in [0.5, 0.6) is 0 Å². The molecule has 1 N–H and O–H groups in total. The molecular weight excluding hydrogens is 426 g/mol. The molecule has 140 valence electrons. The van der Waals surface area contributed by atoms with E-state index in [4.69, 9.17) is 0 Å². The van der Waals surface area contributed by atoms with Crippen molar-refractivity contribution in [2.24, 2.45) is 0 Å². The first kappa shape index (κ1) is 17.6. The Morgan fingerprint density at radius 3 is 2.69 bits per heavy atom. The number of nitrogens with zero attached hydrogens (tertiary/aromatic N) is 2. The third kappa shape index (κ3) is 3.19. The first-order chi connectivity index (χ1) is 14.2. The lowest BCUT2D eigenvalue weighted by Gasteiger charge is -2.13. The molecule has 1 amide bonds. The van der Waals surface area contributed by atoms with Crippen LogP contribution in [0.4, 0.5) is 5.69 Å². The fraction of sp³-hybridized carbons (Fsp3) is 0. The molecule has 0 radical (unpaired) electrons. The molecule has 0 saturated carbocycles. The van der Waals surface area contributed by atoms with Gasteiger partial charge >= 0.3 is 0 Å². The van der Waals surface area contributed by atoms with Gasteiger partial charge in [0.15, 0.2) is 0 Å². The number of aromatic nitrogens is 2. The molecule has 2 aromatic heterocycles. The Bertz CT molecular complexity index is 1370. The smallest absolute Gasteiger partial charge is 0.257 e. The molecule has 0 atom stereocenters. The van der Waals surface area contributed by atoms with Gasteiger partial charge in [-0.3, -0.25) is 9.78 Å². The zero-order valence-corrected chi connectivity index (χ0v) is 16.9. The van der Waals surface area contributed by atoms with Gasteiger partial charge in [0.1, 0.15) is 0 Å². The maximum atomic E-state index is 13.2. The maximum absolute atomic E-state index is 13.2. The molecule has 2 heterocycles. The summed E-state index contributed by atoms with van der Waals surface area (Å²) >= 11 is 3.51. The number of nitrogens with one attached hydrogen (secondary N) is 1. The summed E-state index contributed by atoms with van der Waals surface area (Å²) in [4.78, 5) is 17.6. The Balaban J connectivity index is 1.57. The van der Waals surface area contributed by atoms with Gasteiger partial charge in [-0.25, -0.2) is 0 Å². The molecule has 29 heavy (non-hydrogen) atoms. The van der Waals surface area contributed by atoms with E-state index in [9.17, 15) is 4.79 Å². The first-order valence-electron chi connectivity index (χ1n) is 9.22. The molecule has 0 unspecified atom stereocenters. The summed E-state index contributed by atoms with van der Waals surface area (Å²) in [6.07, 6.45) is 3.72. The van der Waals surface area contributed by atoms with Crippen molar-refractivity contribution >= 4 is 49.3 Å². The molecule has 0 aliphatic carbocycles. The van der Waals surface area contributed by atoms with E-state index in [2.05, 4.69) is 32.3 Å². The summed E-state index contributed by atoms with van der Waals surface area (Å²) in [6, 6.07) is 25.4. The summed E-state index contributed by atoms with van der Waals surface area (Å²) in [5.74, 6) is -0.169. The number of fused-ring (bicyclic) bond motifs is 2. The van der Waals surface area contributed by atoms with Crippen LogP contribution in [0.25, 0.3) is 27.5 Å². The largest absolute Gasteiger partial charge is 0.320 e. The highest BCUT2D eigenvalue weighted by Crippen LogP contribution is 2.27. The van der Waals surface area contributed by atoms with E-state index in [1.165, 1.54) is 0 Å². The molecule has 0 spiro atoms. The number of anilines is 1. The summed E-state index contributed by atoms with van der Waals surface area (Å²) < 4.78 is 3.06. The summed E-state index contributed by atoms with van der Waals surface area (Å²) in [5.41, 5.74) is 3.94. The second-order valence-electron chi connectivity index (χ2n) is 6.74. The van der Waals surface area contributed by atoms with Crippen LogP contribution in [0.2, 0.25) is 0 Å². The van der Waals surface area contributed by atoms with Crippen LogP contribution in [-0.2, 0) is 0 Å². The van der Waals surface area contributed by atoms with Crippen molar-refractivity contribution in [3.8, 4) is 5.69 Å². The fourth-order valence-corrected chi connectivity index (χ4v) is 3.97. The van der Waals surface area contributed by atoms with E-state index in [-0.39, 0.29) is 5.91 Å². The van der Waals surface area contributed by atoms with Crippen LogP contribution in [0.1, 0.15) is 10.4 Å². The molecule has 5 heteroatoms. The Kier molecular flexibility index (Phi) is 4.37. The number of rotatable bonds is 3. The van der Waals surface area contributed by atoms with E-state index >= 15 is 0 Å². The normalized spacial score (nSPS) is 11.1. The Morgan fingerprint density at radius 1 is 0.897 bits per heavy atom. The van der Waals surface area contributed by atoms with Crippen molar-refractivity contribution in [3.63, 3.8) is 0 Å². The van der Waals surface area contributed by atoms with Crippen LogP contribution in [0, 0.1) is 0 Å². The van der Waals surface area contributed by atoms with Crippen LogP contribution in [-0.4, -0.2) is 15.5 Å². The van der Waals surface area contributed by atoms with Crippen molar-refractivity contribution in [3.05, 3.63) is 101 Å². The molecule has 4 nitrogen and oxygen atoms in total. The molecule has 3 aromatic carbocycles. The minimum Gasteiger partial charge on any atom is -0.320 e. The molecule has 5 aromatic rings. The number of benzene rings is 3. The lowest BCUT2D eigenvalue weighted by molar-refractivity contribution is 0.102. The zero-order chi connectivity index (χ0) is 19.8. The van der Waals surface area contributed by atoms with Crippen LogP contribution in [0.3, 0.4) is 0 Å². The number of pyridine rings is 1. The summed E-state index contributed by atoms with van der Waals surface area (Å²) in [6.45, 7) is 0. The van der Waals surface area contributed by atoms with Crippen molar-refractivity contribution in [2.45, 2.75) is 0 Å². The highest BCUT2D eigenvalue weighted by molar-refractivity contribution is 9.10. The lowest BCUT2D eigenvalue weighted by Crippen LogP contribution is -2.15. The van der Waals surface area contributed by atoms with Gasteiger partial charge in [-0.2, -0.15) is 0 Å². The van der Waals surface area contributed by atoms with E-state index < -0.39 is 0 Å². The predicted octanol–water partition coefficient (Wildman–Crippen LogP) is 6.19. The zero-order valence-electron chi connectivity index (χ0n) is 15.3.